The number of aliphatic hydroxyl groups is 2. The lowest BCUT2D eigenvalue weighted by Gasteiger charge is -2.42. The molecule has 1 saturated carbocycles. The van der Waals surface area contributed by atoms with Crippen LogP contribution in [0.25, 0.3) is 0 Å². The molecule has 3 heterocycles. The van der Waals surface area contributed by atoms with Gasteiger partial charge in [0.05, 0.1) is 37.6 Å². The van der Waals surface area contributed by atoms with Crippen LogP contribution in [0.3, 0.4) is 0 Å². The van der Waals surface area contributed by atoms with Gasteiger partial charge >= 0.3 is 5.97 Å². The number of ketones is 3. The number of nitrogens with zero attached hydrogens (tertiary/aromatic N) is 1. The zero-order chi connectivity index (χ0) is 51.7. The van der Waals surface area contributed by atoms with Gasteiger partial charge in [-0.25, -0.2) is 4.79 Å². The molecule has 15 atom stereocenters. The van der Waals surface area contributed by atoms with Crippen LogP contribution in [-0.4, -0.2) is 147 Å². The zero-order valence-electron chi connectivity index (χ0n) is 44.1. The highest BCUT2D eigenvalue weighted by Gasteiger charge is 2.53. The van der Waals surface area contributed by atoms with Gasteiger partial charge in [-0.15, -0.1) is 0 Å². The predicted molar refractivity (Wildman–Crippen MR) is 265 cm³/mol. The second-order valence-electron chi connectivity index (χ2n) is 20.6. The van der Waals surface area contributed by atoms with Crippen molar-refractivity contribution in [2.45, 2.75) is 187 Å². The lowest BCUT2D eigenvalue weighted by atomic mass is 9.78. The van der Waals surface area contributed by atoms with Gasteiger partial charge in [0.1, 0.15) is 30.1 Å². The number of rotatable bonds is 11. The molecule has 2 N–H and O–H groups in total. The Balaban J connectivity index is 1.68. The molecule has 396 valence electrons. The highest BCUT2D eigenvalue weighted by molar-refractivity contribution is 6.39. The smallest absolute Gasteiger partial charge is 0.329 e. The summed E-state index contributed by atoms with van der Waals surface area (Å²) in [5.74, 6) is -7.83. The van der Waals surface area contributed by atoms with Gasteiger partial charge in [0, 0.05) is 65.1 Å². The van der Waals surface area contributed by atoms with Gasteiger partial charge in [-0.1, -0.05) is 71.1 Å². The van der Waals surface area contributed by atoms with Crippen LogP contribution < -0.4 is 0 Å². The number of carbonyl (C=O) groups excluding carboxylic acids is 5. The third-order valence-corrected chi connectivity index (χ3v) is 15.2. The van der Waals surface area contributed by atoms with Crippen LogP contribution in [0.2, 0.25) is 0 Å². The van der Waals surface area contributed by atoms with Crippen molar-refractivity contribution in [3.05, 3.63) is 47.6 Å². The first kappa shape index (κ1) is 59.2. The Hall–Kier alpha value is -3.41. The monoisotopic (exact) mass is 986 g/mol. The van der Waals surface area contributed by atoms with E-state index >= 15 is 0 Å². The molecule has 4 aliphatic rings. The van der Waals surface area contributed by atoms with E-state index in [4.69, 9.17) is 33.2 Å². The first-order chi connectivity index (χ1) is 33.3. The summed E-state index contributed by atoms with van der Waals surface area (Å²) >= 11 is 0. The number of ether oxygens (including phenoxy) is 7. The number of aliphatic hydroxyl groups excluding tert-OH is 1. The standard InChI is InChI=1S/C55H87NO14/c1-12-67-26-27-68-45-24-22-41(31-48(45)65-10)30-37(5)47-33-44(57)36(4)29-39(7)50(59)51(66-11)49(58)38(6)28-34(2)18-14-13-15-19-35(3)46(64-9)32-42-23-21-40(8)55(63,70-42)52(60)53(61)56-25-17-16-20-43(56)54(62)69-47/h13-15,18-19,29,34,36-38,40-43,45-48,50-51,59,63H,12,16-17,20-28,30-33H2,1-11H3/b15-13+,18-14+,35-19+,39-29+/t34-,36-,37-,38-,40-,41+,42+,43+,45-,46+,47?,48-,50-,51+,55-/m1/s1. The number of hydrogen-bond acceptors (Lipinski definition) is 14. The number of cyclic esters (lactones) is 1. The number of piperidine rings is 1. The maximum atomic E-state index is 14.5. The van der Waals surface area contributed by atoms with Crippen LogP contribution in [0.1, 0.15) is 132 Å². The highest BCUT2D eigenvalue weighted by Crippen LogP contribution is 2.38. The molecule has 70 heavy (non-hydrogen) atoms. The van der Waals surface area contributed by atoms with Gasteiger partial charge in [0.25, 0.3) is 11.7 Å². The van der Waals surface area contributed by atoms with Crippen molar-refractivity contribution in [1.82, 2.24) is 4.90 Å². The van der Waals surface area contributed by atoms with Crippen LogP contribution in [0.15, 0.2) is 47.6 Å². The summed E-state index contributed by atoms with van der Waals surface area (Å²) in [6.07, 6.45) is 12.4. The maximum absolute atomic E-state index is 14.5. The van der Waals surface area contributed by atoms with E-state index < -0.39 is 77.8 Å². The maximum Gasteiger partial charge on any atom is 0.329 e. The summed E-state index contributed by atoms with van der Waals surface area (Å²) in [5.41, 5.74) is 1.28. The van der Waals surface area contributed by atoms with Gasteiger partial charge < -0.3 is 48.3 Å². The van der Waals surface area contributed by atoms with E-state index in [1.54, 1.807) is 41.1 Å². The third-order valence-electron chi connectivity index (χ3n) is 15.2. The summed E-state index contributed by atoms with van der Waals surface area (Å²) in [7, 11) is 4.64. The average Bonchev–Trinajstić information content (AvgIpc) is 3.34. The summed E-state index contributed by atoms with van der Waals surface area (Å²) in [6.45, 7) is 16.4. The normalized spacial score (nSPS) is 38.4. The molecular weight excluding hydrogens is 899 g/mol. The van der Waals surface area contributed by atoms with Crippen molar-refractivity contribution < 1.29 is 67.3 Å². The summed E-state index contributed by atoms with van der Waals surface area (Å²) in [5, 5.41) is 23.5. The lowest BCUT2D eigenvalue weighted by Crippen LogP contribution is -2.61. The van der Waals surface area contributed by atoms with Gasteiger partial charge in [-0.2, -0.15) is 0 Å². The molecule has 1 aliphatic carbocycles. The Morgan fingerprint density at radius 3 is 2.27 bits per heavy atom. The number of Topliss-reactive ketones (excluding diaryl/α,β-unsaturated/α-hetero) is 3. The molecule has 0 aromatic heterocycles. The molecule has 4 rings (SSSR count). The van der Waals surface area contributed by atoms with Crippen molar-refractivity contribution in [2.24, 2.45) is 35.5 Å². The predicted octanol–water partition coefficient (Wildman–Crippen LogP) is 7.24. The van der Waals surface area contributed by atoms with E-state index in [0.29, 0.717) is 76.8 Å². The van der Waals surface area contributed by atoms with Crippen LogP contribution in [0.5, 0.6) is 0 Å². The molecule has 0 aromatic carbocycles. The van der Waals surface area contributed by atoms with E-state index in [0.717, 1.165) is 18.4 Å². The van der Waals surface area contributed by atoms with Crippen molar-refractivity contribution in [1.29, 1.82) is 0 Å². The van der Waals surface area contributed by atoms with E-state index in [1.807, 2.05) is 65.0 Å². The minimum absolute atomic E-state index is 0.0195. The molecule has 2 saturated heterocycles. The fourth-order valence-corrected chi connectivity index (χ4v) is 10.7. The molecule has 1 amide bonds. The molecule has 2 bridgehead atoms. The van der Waals surface area contributed by atoms with E-state index in [1.165, 1.54) is 12.0 Å². The second kappa shape index (κ2) is 28.7. The molecule has 3 aliphatic heterocycles. The van der Waals surface area contributed by atoms with Crippen LogP contribution in [0, 0.1) is 35.5 Å². The molecule has 15 heteroatoms. The molecule has 0 radical (unpaired) electrons. The van der Waals surface area contributed by atoms with E-state index in [-0.39, 0.29) is 60.9 Å². The lowest BCUT2D eigenvalue weighted by molar-refractivity contribution is -0.265. The van der Waals surface area contributed by atoms with Gasteiger partial charge in [-0.05, 0) is 114 Å². The fraction of sp³-hybridized carbons (Fsp3) is 0.764. The number of methoxy groups -OCH3 is 3. The highest BCUT2D eigenvalue weighted by atomic mass is 16.6. The fourth-order valence-electron chi connectivity index (χ4n) is 10.7. The van der Waals surface area contributed by atoms with Crippen LogP contribution >= 0.6 is 0 Å². The number of carbonyl (C=O) groups is 5. The van der Waals surface area contributed by atoms with Crippen LogP contribution in [-0.2, 0) is 57.1 Å². The Bertz CT molecular complexity index is 1840. The average molecular weight is 986 g/mol. The Morgan fingerprint density at radius 1 is 0.843 bits per heavy atom. The van der Waals surface area contributed by atoms with E-state index in [2.05, 4.69) is 0 Å². The molecular formula is C55H87NO14. The molecule has 1 unspecified atom stereocenters. The summed E-state index contributed by atoms with van der Waals surface area (Å²) in [6, 6.07) is -1.14. The van der Waals surface area contributed by atoms with Crippen LogP contribution in [0.4, 0.5) is 0 Å². The van der Waals surface area contributed by atoms with Gasteiger partial charge in [0.15, 0.2) is 5.78 Å². The summed E-state index contributed by atoms with van der Waals surface area (Å²) < 4.78 is 41.5. The first-order valence-electron chi connectivity index (χ1n) is 26.0. The zero-order valence-corrected chi connectivity index (χ0v) is 44.1. The number of hydrogen-bond donors (Lipinski definition) is 2. The quantitative estimate of drug-likeness (QED) is 0.0911. The van der Waals surface area contributed by atoms with Gasteiger partial charge in [-0.3, -0.25) is 19.2 Å². The SMILES string of the molecule is CCOCCO[C@@H]1CC[C@@H](C[C@@H](C)C2CC(=O)[C@H](C)/C=C(\C)[C@@H](O)[C@@H](OC)C(=O)[C@H](C)C[C@H](C)/C=C/C=C/C=C(\C)[C@@H](OC)C[C@@H]3CC[C@@H](C)[C@@](O)(O3)C(=O)C(=O)N3CCCC[C@H]3C(=O)O2)C[C@H]1OC. The van der Waals surface area contributed by atoms with E-state index in [9.17, 15) is 34.2 Å². The second-order valence-corrected chi connectivity index (χ2v) is 20.6. The molecule has 15 nitrogen and oxygen atoms in total. The van der Waals surface area contributed by atoms with Crippen molar-refractivity contribution in [2.75, 3.05) is 47.7 Å². The number of allylic oxidation sites excluding steroid dienone is 6. The Morgan fingerprint density at radius 2 is 1.59 bits per heavy atom. The molecule has 0 spiro atoms. The summed E-state index contributed by atoms with van der Waals surface area (Å²) in [4.78, 5) is 72.4. The van der Waals surface area contributed by atoms with Crippen molar-refractivity contribution in [3.8, 4) is 0 Å². The minimum Gasteiger partial charge on any atom is -0.460 e. The van der Waals surface area contributed by atoms with Gasteiger partial charge in [0.2, 0.25) is 5.79 Å². The molecule has 3 fully saturated rings. The first-order valence-corrected chi connectivity index (χ1v) is 26.0. The molecule has 0 aromatic rings. The topological polar surface area (TPSA) is 194 Å². The van der Waals surface area contributed by atoms with Crippen molar-refractivity contribution >= 4 is 29.2 Å². The number of fused-ring (bicyclic) bond motifs is 3. The van der Waals surface area contributed by atoms with Crippen molar-refractivity contribution in [3.63, 3.8) is 0 Å². The number of amides is 1. The Kier molecular flexibility index (Phi) is 24.3. The third kappa shape index (κ3) is 16.3. The number of esters is 1. The largest absolute Gasteiger partial charge is 0.460 e. The Labute approximate surface area is 418 Å². The minimum atomic E-state index is -2.43.